The minimum absolute atomic E-state index is 0.0838. The standard InChI is InChI=1S/C15H13Cl2NO3S/c1-11-9-12(7-8-14(11)16)18(10-15(17)19)22(20,21)13-5-3-2-4-6-13/h2-9H,10H2,1H3. The SMILES string of the molecule is Cc1cc(N(CC(=O)Cl)S(=O)(=O)c2ccccc2)ccc1Cl. The summed E-state index contributed by atoms with van der Waals surface area (Å²) in [5.41, 5.74) is 1.04. The van der Waals surface area contributed by atoms with E-state index in [2.05, 4.69) is 0 Å². The van der Waals surface area contributed by atoms with Crippen molar-refractivity contribution in [2.24, 2.45) is 0 Å². The maximum Gasteiger partial charge on any atom is 0.264 e. The third-order valence-corrected chi connectivity index (χ3v) is 5.36. The van der Waals surface area contributed by atoms with Crippen LogP contribution in [0.15, 0.2) is 53.4 Å². The van der Waals surface area contributed by atoms with Gasteiger partial charge in [-0.25, -0.2) is 8.42 Å². The minimum Gasteiger partial charge on any atom is -0.279 e. The molecule has 0 saturated carbocycles. The molecule has 0 saturated heterocycles. The molecule has 2 aromatic rings. The van der Waals surface area contributed by atoms with Gasteiger partial charge < -0.3 is 0 Å². The van der Waals surface area contributed by atoms with Crippen molar-refractivity contribution in [2.75, 3.05) is 10.8 Å². The van der Waals surface area contributed by atoms with E-state index in [4.69, 9.17) is 23.2 Å². The summed E-state index contributed by atoms with van der Waals surface area (Å²) in [7, 11) is -3.89. The maximum absolute atomic E-state index is 12.7. The Morgan fingerprint density at radius 3 is 2.32 bits per heavy atom. The van der Waals surface area contributed by atoms with Crippen molar-refractivity contribution in [3.8, 4) is 0 Å². The molecule has 116 valence electrons. The van der Waals surface area contributed by atoms with E-state index in [-0.39, 0.29) is 4.90 Å². The van der Waals surface area contributed by atoms with Crippen molar-refractivity contribution in [3.05, 3.63) is 59.1 Å². The Kier molecular flexibility index (Phi) is 5.11. The Morgan fingerprint density at radius 2 is 1.77 bits per heavy atom. The molecule has 0 atom stereocenters. The van der Waals surface area contributed by atoms with Crippen molar-refractivity contribution in [2.45, 2.75) is 11.8 Å². The van der Waals surface area contributed by atoms with Gasteiger partial charge >= 0.3 is 0 Å². The predicted octanol–water partition coefficient (Wildman–Crippen LogP) is 3.61. The van der Waals surface area contributed by atoms with Crippen LogP contribution in [0.3, 0.4) is 0 Å². The molecule has 7 heteroatoms. The van der Waals surface area contributed by atoms with Crippen LogP contribution in [0.1, 0.15) is 5.56 Å². The number of hydrogen-bond acceptors (Lipinski definition) is 3. The number of halogens is 2. The fourth-order valence-corrected chi connectivity index (χ4v) is 3.67. The Balaban J connectivity index is 2.55. The highest BCUT2D eigenvalue weighted by Gasteiger charge is 2.26. The highest BCUT2D eigenvalue weighted by atomic mass is 35.5. The molecule has 0 radical (unpaired) electrons. The van der Waals surface area contributed by atoms with Crippen LogP contribution >= 0.6 is 23.2 Å². The van der Waals surface area contributed by atoms with Gasteiger partial charge in [0, 0.05) is 5.02 Å². The van der Waals surface area contributed by atoms with Crippen LogP contribution in [-0.4, -0.2) is 20.2 Å². The molecular weight excluding hydrogens is 345 g/mol. The molecule has 4 nitrogen and oxygen atoms in total. The highest BCUT2D eigenvalue weighted by Crippen LogP contribution is 2.27. The molecule has 0 fully saturated rings. The largest absolute Gasteiger partial charge is 0.279 e. The van der Waals surface area contributed by atoms with Crippen LogP contribution in [-0.2, 0) is 14.8 Å². The first-order chi connectivity index (χ1) is 10.3. The van der Waals surface area contributed by atoms with Gasteiger partial charge in [0.1, 0.15) is 6.54 Å². The molecular formula is C15H13Cl2NO3S. The van der Waals surface area contributed by atoms with E-state index in [9.17, 15) is 13.2 Å². The fraction of sp³-hybridized carbons (Fsp3) is 0.133. The second-order valence-electron chi connectivity index (χ2n) is 4.61. The van der Waals surface area contributed by atoms with Gasteiger partial charge in [0.05, 0.1) is 10.6 Å². The summed E-state index contributed by atoms with van der Waals surface area (Å²) in [4.78, 5) is 11.4. The van der Waals surface area contributed by atoms with Crippen molar-refractivity contribution < 1.29 is 13.2 Å². The first kappa shape index (κ1) is 16.8. The third kappa shape index (κ3) is 3.61. The first-order valence-corrected chi connectivity index (χ1v) is 8.54. The molecule has 2 rings (SSSR count). The number of aryl methyl sites for hydroxylation is 1. The average molecular weight is 358 g/mol. The Labute approximate surface area is 139 Å². The number of benzene rings is 2. The molecule has 0 heterocycles. The van der Waals surface area contributed by atoms with E-state index in [1.54, 1.807) is 37.3 Å². The molecule has 0 N–H and O–H groups in total. The number of hydrogen-bond donors (Lipinski definition) is 0. The number of sulfonamides is 1. The van der Waals surface area contributed by atoms with Crippen molar-refractivity contribution in [1.82, 2.24) is 0 Å². The summed E-state index contributed by atoms with van der Waals surface area (Å²) < 4.78 is 26.5. The zero-order valence-corrected chi connectivity index (χ0v) is 14.0. The van der Waals surface area contributed by atoms with E-state index >= 15 is 0 Å². The summed E-state index contributed by atoms with van der Waals surface area (Å²) in [5, 5.41) is -0.259. The van der Waals surface area contributed by atoms with Crippen molar-refractivity contribution in [3.63, 3.8) is 0 Å². The summed E-state index contributed by atoms with van der Waals surface area (Å²) >= 11 is 11.4. The van der Waals surface area contributed by atoms with Crippen LogP contribution in [0.5, 0.6) is 0 Å². The third-order valence-electron chi connectivity index (χ3n) is 3.03. The van der Waals surface area contributed by atoms with Crippen LogP contribution in [0.4, 0.5) is 5.69 Å². The molecule has 0 amide bonds. The smallest absolute Gasteiger partial charge is 0.264 e. The zero-order valence-electron chi connectivity index (χ0n) is 11.7. The van der Waals surface area contributed by atoms with Crippen LogP contribution < -0.4 is 4.31 Å². The Hall–Kier alpha value is -1.56. The molecule has 0 aliphatic carbocycles. The second kappa shape index (κ2) is 6.69. The van der Waals surface area contributed by atoms with Gasteiger partial charge in [-0.1, -0.05) is 29.8 Å². The van der Waals surface area contributed by atoms with Gasteiger partial charge in [-0.2, -0.15) is 0 Å². The van der Waals surface area contributed by atoms with E-state index in [0.29, 0.717) is 16.3 Å². The molecule has 0 spiro atoms. The second-order valence-corrected chi connectivity index (χ2v) is 7.30. The van der Waals surface area contributed by atoms with Gasteiger partial charge in [0.25, 0.3) is 10.0 Å². The topological polar surface area (TPSA) is 54.5 Å². The highest BCUT2D eigenvalue weighted by molar-refractivity contribution is 7.92. The van der Waals surface area contributed by atoms with E-state index in [1.165, 1.54) is 18.2 Å². The van der Waals surface area contributed by atoms with Crippen LogP contribution in [0.2, 0.25) is 5.02 Å². The number of anilines is 1. The van der Waals surface area contributed by atoms with E-state index in [0.717, 1.165) is 4.31 Å². The maximum atomic E-state index is 12.7. The van der Waals surface area contributed by atoms with Gasteiger partial charge in [-0.15, -0.1) is 0 Å². The normalized spacial score (nSPS) is 11.2. The monoisotopic (exact) mass is 357 g/mol. The lowest BCUT2D eigenvalue weighted by Crippen LogP contribution is -2.34. The van der Waals surface area contributed by atoms with Gasteiger partial charge in [-0.05, 0) is 54.4 Å². The van der Waals surface area contributed by atoms with Gasteiger partial charge in [0.2, 0.25) is 5.24 Å². The van der Waals surface area contributed by atoms with Crippen LogP contribution in [0.25, 0.3) is 0 Å². The molecule has 22 heavy (non-hydrogen) atoms. The molecule has 0 aliphatic rings. The zero-order chi connectivity index (χ0) is 16.3. The number of nitrogens with zero attached hydrogens (tertiary/aromatic N) is 1. The summed E-state index contributed by atoms with van der Waals surface area (Å²) in [6.07, 6.45) is 0. The number of carbonyl (C=O) groups is 1. The van der Waals surface area contributed by atoms with Gasteiger partial charge in [-0.3, -0.25) is 9.10 Å². The summed E-state index contributed by atoms with van der Waals surface area (Å²) in [6, 6.07) is 12.6. The first-order valence-electron chi connectivity index (χ1n) is 6.34. The minimum atomic E-state index is -3.89. The number of carbonyl (C=O) groups excluding carboxylic acids is 1. The lowest BCUT2D eigenvalue weighted by Gasteiger charge is -2.23. The Bertz CT molecular complexity index is 792. The molecule has 0 aliphatic heterocycles. The lowest BCUT2D eigenvalue weighted by molar-refractivity contribution is -0.110. The van der Waals surface area contributed by atoms with Crippen LogP contribution in [0, 0.1) is 6.92 Å². The summed E-state index contributed by atoms with van der Waals surface area (Å²) in [5.74, 6) is 0. The predicted molar refractivity (Wildman–Crippen MR) is 88.0 cm³/mol. The quantitative estimate of drug-likeness (QED) is 0.768. The fourth-order valence-electron chi connectivity index (χ4n) is 1.93. The van der Waals surface area contributed by atoms with Crippen molar-refractivity contribution >= 4 is 44.2 Å². The molecule has 0 bridgehead atoms. The molecule has 2 aromatic carbocycles. The van der Waals surface area contributed by atoms with E-state index in [1.807, 2.05) is 0 Å². The summed E-state index contributed by atoms with van der Waals surface area (Å²) in [6.45, 7) is 1.29. The van der Waals surface area contributed by atoms with Crippen molar-refractivity contribution in [1.29, 1.82) is 0 Å². The average Bonchev–Trinajstić information content (AvgIpc) is 2.48. The molecule has 0 unspecified atom stereocenters. The Morgan fingerprint density at radius 1 is 1.14 bits per heavy atom. The number of rotatable bonds is 5. The molecule has 0 aromatic heterocycles. The van der Waals surface area contributed by atoms with E-state index < -0.39 is 21.8 Å². The van der Waals surface area contributed by atoms with Gasteiger partial charge in [0.15, 0.2) is 0 Å². The lowest BCUT2D eigenvalue weighted by atomic mass is 10.2.